The van der Waals surface area contributed by atoms with Gasteiger partial charge in [0.2, 0.25) is 11.8 Å². The number of nitro groups is 1. The van der Waals surface area contributed by atoms with Crippen LogP contribution in [-0.4, -0.2) is 23.0 Å². The first kappa shape index (κ1) is 23.2. The van der Waals surface area contributed by atoms with Crippen molar-refractivity contribution in [2.24, 2.45) is 16.8 Å². The van der Waals surface area contributed by atoms with Crippen LogP contribution in [0.2, 0.25) is 0 Å². The lowest BCUT2D eigenvalue weighted by Crippen LogP contribution is -2.54. The van der Waals surface area contributed by atoms with Crippen LogP contribution < -0.4 is 4.90 Å². The summed E-state index contributed by atoms with van der Waals surface area (Å²) in [4.78, 5) is 45.9. The smallest absolute Gasteiger partial charge is 0.274 e. The third-order valence-electron chi connectivity index (χ3n) is 8.45. The van der Waals surface area contributed by atoms with Gasteiger partial charge in [-0.15, -0.1) is 0 Å². The number of carbonyl (C=O) groups is 2. The first-order chi connectivity index (χ1) is 18.9. The van der Waals surface area contributed by atoms with Gasteiger partial charge in [0.15, 0.2) is 0 Å². The molecule has 2 bridgehead atoms. The average molecular weight is 514 g/mol. The molecule has 4 aromatic carbocycles. The van der Waals surface area contributed by atoms with Gasteiger partial charge in [-0.25, -0.2) is 4.90 Å². The van der Waals surface area contributed by atoms with Crippen LogP contribution in [0.25, 0.3) is 0 Å². The Balaban J connectivity index is 1.50. The number of aliphatic imine (C=N–C) groups is 1. The SMILES string of the molecule is Cc1ccc(N=CC23c4ccccc4C(c4ccccc42)[C@@H]2C(=O)N(c4ccccc4[N+](=O)[O-])C(=O)[C@H]23)cc1. The van der Waals surface area contributed by atoms with Gasteiger partial charge in [0.05, 0.1) is 27.9 Å². The molecule has 7 nitrogen and oxygen atoms in total. The molecule has 1 saturated heterocycles. The van der Waals surface area contributed by atoms with E-state index in [1.54, 1.807) is 6.07 Å². The van der Waals surface area contributed by atoms with Gasteiger partial charge in [-0.3, -0.25) is 24.7 Å². The van der Waals surface area contributed by atoms with Crippen molar-refractivity contribution in [1.82, 2.24) is 0 Å². The Hall–Kier alpha value is -4.91. The summed E-state index contributed by atoms with van der Waals surface area (Å²) in [6.07, 6.45) is 1.83. The molecule has 0 unspecified atom stereocenters. The highest BCUT2D eigenvalue weighted by Gasteiger charge is 2.68. The number of anilines is 1. The van der Waals surface area contributed by atoms with Gasteiger partial charge >= 0.3 is 0 Å². The monoisotopic (exact) mass is 513 g/mol. The quantitative estimate of drug-likeness (QED) is 0.148. The normalized spacial score (nSPS) is 24.5. The lowest BCUT2D eigenvalue weighted by Gasteiger charge is -2.52. The van der Waals surface area contributed by atoms with Gasteiger partial charge in [-0.05, 0) is 47.4 Å². The number of para-hydroxylation sites is 2. The van der Waals surface area contributed by atoms with Gasteiger partial charge in [0.1, 0.15) is 5.69 Å². The lowest BCUT2D eigenvalue weighted by atomic mass is 9.47. The molecule has 1 fully saturated rings. The van der Waals surface area contributed by atoms with Crippen LogP contribution in [0.5, 0.6) is 0 Å². The molecule has 1 heterocycles. The van der Waals surface area contributed by atoms with E-state index in [2.05, 4.69) is 0 Å². The molecule has 190 valence electrons. The Morgan fingerprint density at radius 3 is 2.05 bits per heavy atom. The molecule has 0 saturated carbocycles. The number of amides is 2. The van der Waals surface area contributed by atoms with Crippen molar-refractivity contribution in [2.75, 3.05) is 4.90 Å². The molecule has 0 aromatic heterocycles. The topological polar surface area (TPSA) is 92.9 Å². The molecule has 4 aliphatic rings. The zero-order chi connectivity index (χ0) is 26.9. The van der Waals surface area contributed by atoms with E-state index >= 15 is 0 Å². The maximum atomic E-state index is 14.4. The molecule has 0 N–H and O–H groups in total. The lowest BCUT2D eigenvalue weighted by molar-refractivity contribution is -0.384. The molecule has 2 atom stereocenters. The van der Waals surface area contributed by atoms with E-state index in [0.29, 0.717) is 0 Å². The van der Waals surface area contributed by atoms with Crippen molar-refractivity contribution in [3.8, 4) is 0 Å². The Morgan fingerprint density at radius 2 is 1.41 bits per heavy atom. The van der Waals surface area contributed by atoms with Gasteiger partial charge in [0, 0.05) is 18.2 Å². The van der Waals surface area contributed by atoms with Crippen LogP contribution in [0.4, 0.5) is 17.1 Å². The fourth-order valence-electron chi connectivity index (χ4n) is 6.90. The Labute approximate surface area is 224 Å². The van der Waals surface area contributed by atoms with E-state index in [9.17, 15) is 19.7 Å². The number of nitrogens with zero attached hydrogens (tertiary/aromatic N) is 3. The summed E-state index contributed by atoms with van der Waals surface area (Å²) in [7, 11) is 0. The summed E-state index contributed by atoms with van der Waals surface area (Å²) in [5, 5.41) is 11.9. The summed E-state index contributed by atoms with van der Waals surface area (Å²) in [5.41, 5.74) is 4.40. The van der Waals surface area contributed by atoms with Gasteiger partial charge in [-0.2, -0.15) is 0 Å². The van der Waals surface area contributed by atoms with E-state index in [4.69, 9.17) is 4.99 Å². The Kier molecular flexibility index (Phi) is 4.94. The number of carbonyl (C=O) groups excluding carboxylic acids is 2. The summed E-state index contributed by atoms with van der Waals surface area (Å²) in [6, 6.07) is 29.6. The van der Waals surface area contributed by atoms with Crippen molar-refractivity contribution in [3.05, 3.63) is 135 Å². The second-order valence-corrected chi connectivity index (χ2v) is 10.4. The second-order valence-electron chi connectivity index (χ2n) is 10.4. The summed E-state index contributed by atoms with van der Waals surface area (Å²) in [6.45, 7) is 2.01. The third kappa shape index (κ3) is 3.07. The predicted octanol–water partition coefficient (Wildman–Crippen LogP) is 5.86. The number of benzene rings is 4. The van der Waals surface area contributed by atoms with Crippen LogP contribution in [0.1, 0.15) is 33.7 Å². The summed E-state index contributed by atoms with van der Waals surface area (Å²) in [5.74, 6) is -2.72. The van der Waals surface area contributed by atoms with Crippen molar-refractivity contribution in [2.45, 2.75) is 18.3 Å². The minimum atomic E-state index is -1.03. The number of rotatable bonds is 4. The number of hydrogen-bond acceptors (Lipinski definition) is 5. The van der Waals surface area contributed by atoms with Crippen molar-refractivity contribution >= 4 is 35.1 Å². The van der Waals surface area contributed by atoms with Crippen molar-refractivity contribution < 1.29 is 14.5 Å². The van der Waals surface area contributed by atoms with Crippen LogP contribution >= 0.6 is 0 Å². The standard InChI is InChI=1S/C32H23N3O4/c1-19-14-16-20(17-15-19)33-18-32-23-10-4-2-8-21(23)27(22-9-3-5-11-24(22)32)28-29(32)31(37)34(30(28)36)25-12-6-7-13-26(25)35(38)39/h2-18,27-29H,1H3/t27?,28-,29-,32?/m0/s1. The molecule has 0 radical (unpaired) electrons. The maximum Gasteiger partial charge on any atom is 0.293 e. The molecule has 1 aliphatic heterocycles. The molecular weight excluding hydrogens is 490 g/mol. The summed E-state index contributed by atoms with van der Waals surface area (Å²) >= 11 is 0. The minimum absolute atomic E-state index is 0.00466. The molecule has 39 heavy (non-hydrogen) atoms. The highest BCUT2D eigenvalue weighted by atomic mass is 16.6. The highest BCUT2D eigenvalue weighted by Crippen LogP contribution is 2.64. The van der Waals surface area contributed by atoms with Gasteiger partial charge in [-0.1, -0.05) is 78.4 Å². The van der Waals surface area contributed by atoms with E-state index in [1.807, 2.05) is 85.9 Å². The molecule has 4 aromatic rings. The second kappa shape index (κ2) is 8.30. The maximum absolute atomic E-state index is 14.4. The molecule has 7 heteroatoms. The van der Waals surface area contributed by atoms with Crippen molar-refractivity contribution in [1.29, 1.82) is 0 Å². The van der Waals surface area contributed by atoms with Crippen LogP contribution in [0.15, 0.2) is 102 Å². The van der Waals surface area contributed by atoms with Crippen LogP contribution in [0, 0.1) is 28.9 Å². The number of imide groups is 1. The van der Waals surface area contributed by atoms with E-state index in [-0.39, 0.29) is 17.3 Å². The molecule has 0 spiro atoms. The highest BCUT2D eigenvalue weighted by molar-refractivity contribution is 6.25. The first-order valence-electron chi connectivity index (χ1n) is 12.9. The zero-order valence-corrected chi connectivity index (χ0v) is 21.0. The Bertz CT molecular complexity index is 1680. The first-order valence-corrected chi connectivity index (χ1v) is 12.9. The van der Waals surface area contributed by atoms with Gasteiger partial charge < -0.3 is 0 Å². The summed E-state index contributed by atoms with van der Waals surface area (Å²) < 4.78 is 0. The Morgan fingerprint density at radius 1 is 0.821 bits per heavy atom. The predicted molar refractivity (Wildman–Crippen MR) is 147 cm³/mol. The third-order valence-corrected chi connectivity index (χ3v) is 8.45. The van der Waals surface area contributed by atoms with Crippen LogP contribution in [-0.2, 0) is 15.0 Å². The number of hydrogen-bond donors (Lipinski definition) is 0. The molecule has 3 aliphatic carbocycles. The van der Waals surface area contributed by atoms with E-state index < -0.39 is 34.0 Å². The minimum Gasteiger partial charge on any atom is -0.274 e. The molecule has 8 rings (SSSR count). The largest absolute Gasteiger partial charge is 0.293 e. The fourth-order valence-corrected chi connectivity index (χ4v) is 6.90. The van der Waals surface area contributed by atoms with Crippen LogP contribution in [0.3, 0.4) is 0 Å². The van der Waals surface area contributed by atoms with E-state index in [0.717, 1.165) is 38.4 Å². The zero-order valence-electron chi connectivity index (χ0n) is 21.0. The van der Waals surface area contributed by atoms with E-state index in [1.165, 1.54) is 18.2 Å². The van der Waals surface area contributed by atoms with Crippen molar-refractivity contribution in [3.63, 3.8) is 0 Å². The van der Waals surface area contributed by atoms with Gasteiger partial charge in [0.25, 0.3) is 5.69 Å². The average Bonchev–Trinajstić information content (AvgIpc) is 3.23. The molecular formula is C32H23N3O4. The molecule has 2 amide bonds. The fraction of sp³-hybridized carbons (Fsp3) is 0.156. The number of nitro benzene ring substituents is 1. The number of aryl methyl sites for hydroxylation is 1.